The molecule has 0 spiro atoms. The Kier molecular flexibility index (Phi) is 4.75. The number of benzene rings is 7. The summed E-state index contributed by atoms with van der Waals surface area (Å²) in [5, 5.41) is 7.42. The van der Waals surface area contributed by atoms with E-state index in [-0.39, 0.29) is 0 Å². The van der Waals surface area contributed by atoms with Gasteiger partial charge >= 0.3 is 0 Å². The molecule has 0 atom stereocenters. The predicted molar refractivity (Wildman–Crippen MR) is 184 cm³/mol. The molecule has 1 aliphatic rings. The Morgan fingerprint density at radius 1 is 0.386 bits per heavy atom. The van der Waals surface area contributed by atoms with Gasteiger partial charge in [-0.15, -0.1) is 0 Å². The van der Waals surface area contributed by atoms with Crippen molar-refractivity contribution in [2.45, 2.75) is 0 Å². The maximum Gasteiger partial charge on any atom is 0.136 e. The van der Waals surface area contributed by atoms with Gasteiger partial charge in [-0.2, -0.15) is 0 Å². The Morgan fingerprint density at radius 2 is 1.11 bits per heavy atom. The SMILES string of the molecule is c1ccc(C2=C(c3ccccc3)c3cc(-c4ccc5c(c4)oc4ccccc45)cc4[nH]c5ccc6cccc2c6c5c34)cc1. The van der Waals surface area contributed by atoms with Crippen molar-refractivity contribution in [3.8, 4) is 11.1 Å². The van der Waals surface area contributed by atoms with Crippen LogP contribution in [0.25, 0.3) is 76.8 Å². The van der Waals surface area contributed by atoms with Crippen LogP contribution >= 0.6 is 0 Å². The minimum absolute atomic E-state index is 0.907. The minimum atomic E-state index is 0.907. The Hall–Kier alpha value is -5.86. The van der Waals surface area contributed by atoms with Crippen molar-refractivity contribution in [1.82, 2.24) is 4.98 Å². The van der Waals surface area contributed by atoms with Crippen LogP contribution in [-0.4, -0.2) is 4.98 Å². The van der Waals surface area contributed by atoms with Gasteiger partial charge in [0.1, 0.15) is 11.2 Å². The van der Waals surface area contributed by atoms with Crippen molar-refractivity contribution in [1.29, 1.82) is 0 Å². The molecule has 0 unspecified atom stereocenters. The summed E-state index contributed by atoms with van der Waals surface area (Å²) in [7, 11) is 0. The normalized spacial score (nSPS) is 12.9. The number of rotatable bonds is 3. The molecule has 2 nitrogen and oxygen atoms in total. The lowest BCUT2D eigenvalue weighted by molar-refractivity contribution is 0.669. The standard InChI is InChI=1S/C42H25NO/c1-3-10-25(11-4-1)38-32-16-9-14-27-19-21-34-42(39(27)32)41-33(40(38)26-12-5-2-6-13-26)22-29(23-35(41)43-34)28-18-20-31-30-15-7-8-17-36(30)44-37(31)24-28/h1-24,43H. The molecule has 204 valence electrons. The van der Waals surface area contributed by atoms with Gasteiger partial charge in [0.05, 0.1) is 0 Å². The number of aromatic nitrogens is 1. The summed E-state index contributed by atoms with van der Waals surface area (Å²) in [5.41, 5.74) is 13.8. The lowest BCUT2D eigenvalue weighted by atomic mass is 9.84. The van der Waals surface area contributed by atoms with E-state index < -0.39 is 0 Å². The molecule has 1 aliphatic carbocycles. The van der Waals surface area contributed by atoms with E-state index in [9.17, 15) is 0 Å². The first-order chi connectivity index (χ1) is 21.8. The highest BCUT2D eigenvalue weighted by Crippen LogP contribution is 2.49. The molecule has 2 heteroatoms. The molecular weight excluding hydrogens is 534 g/mol. The van der Waals surface area contributed by atoms with Gasteiger partial charge in [-0.1, -0.05) is 109 Å². The number of nitrogens with one attached hydrogen (secondary N) is 1. The minimum Gasteiger partial charge on any atom is -0.456 e. The maximum absolute atomic E-state index is 6.32. The van der Waals surface area contributed by atoms with E-state index in [0.29, 0.717) is 0 Å². The van der Waals surface area contributed by atoms with Crippen LogP contribution in [0.15, 0.2) is 150 Å². The number of H-pyrrole nitrogens is 1. The molecule has 2 aromatic heterocycles. The lowest BCUT2D eigenvalue weighted by Gasteiger charge is -2.19. The molecule has 0 saturated carbocycles. The second-order valence-electron chi connectivity index (χ2n) is 11.8. The summed E-state index contributed by atoms with van der Waals surface area (Å²) >= 11 is 0. The molecule has 0 bridgehead atoms. The van der Waals surface area contributed by atoms with Crippen LogP contribution in [0.3, 0.4) is 0 Å². The third-order valence-electron chi connectivity index (χ3n) is 9.33. The zero-order valence-electron chi connectivity index (χ0n) is 23.8. The van der Waals surface area contributed by atoms with E-state index in [2.05, 4.69) is 138 Å². The van der Waals surface area contributed by atoms with Gasteiger partial charge in [-0.05, 0) is 91.7 Å². The van der Waals surface area contributed by atoms with Crippen molar-refractivity contribution in [2.75, 3.05) is 0 Å². The smallest absolute Gasteiger partial charge is 0.136 e. The molecule has 0 amide bonds. The summed E-state index contributed by atoms with van der Waals surface area (Å²) in [6.07, 6.45) is 0. The van der Waals surface area contributed by atoms with Crippen LogP contribution in [0.1, 0.15) is 22.3 Å². The molecule has 9 aromatic rings. The fraction of sp³-hybridized carbons (Fsp3) is 0. The molecule has 0 fully saturated rings. The van der Waals surface area contributed by atoms with Gasteiger partial charge < -0.3 is 9.40 Å². The third-order valence-corrected chi connectivity index (χ3v) is 9.33. The van der Waals surface area contributed by atoms with E-state index in [1.807, 2.05) is 12.1 Å². The molecule has 0 radical (unpaired) electrons. The van der Waals surface area contributed by atoms with E-state index in [4.69, 9.17) is 4.42 Å². The fourth-order valence-electron chi connectivity index (χ4n) is 7.45. The van der Waals surface area contributed by atoms with Gasteiger partial charge in [0.2, 0.25) is 0 Å². The average molecular weight is 560 g/mol. The predicted octanol–water partition coefficient (Wildman–Crippen LogP) is 11.4. The molecular formula is C42H25NO. The number of furan rings is 1. The number of fused-ring (bicyclic) bond motifs is 3. The van der Waals surface area contributed by atoms with Gasteiger partial charge in [-0.3, -0.25) is 0 Å². The number of hydrogen-bond donors (Lipinski definition) is 1. The molecule has 10 rings (SSSR count). The maximum atomic E-state index is 6.32. The summed E-state index contributed by atoms with van der Waals surface area (Å²) in [6, 6.07) is 52.6. The number of hydrogen-bond acceptors (Lipinski definition) is 1. The van der Waals surface area contributed by atoms with Crippen LogP contribution in [-0.2, 0) is 0 Å². The van der Waals surface area contributed by atoms with Crippen molar-refractivity contribution >= 4 is 65.7 Å². The van der Waals surface area contributed by atoms with Gasteiger partial charge in [-0.25, -0.2) is 0 Å². The Bertz CT molecular complexity index is 2640. The second-order valence-corrected chi connectivity index (χ2v) is 11.8. The van der Waals surface area contributed by atoms with Crippen LogP contribution < -0.4 is 0 Å². The van der Waals surface area contributed by atoms with Crippen molar-refractivity contribution in [3.05, 3.63) is 168 Å². The fourth-order valence-corrected chi connectivity index (χ4v) is 7.45. The van der Waals surface area contributed by atoms with Crippen LogP contribution in [0, 0.1) is 0 Å². The van der Waals surface area contributed by atoms with E-state index in [0.717, 1.165) is 44.1 Å². The van der Waals surface area contributed by atoms with Crippen LogP contribution in [0.4, 0.5) is 0 Å². The van der Waals surface area contributed by atoms with E-state index in [1.165, 1.54) is 54.9 Å². The zero-order valence-corrected chi connectivity index (χ0v) is 23.8. The summed E-state index contributed by atoms with van der Waals surface area (Å²) in [5.74, 6) is 0. The zero-order chi connectivity index (χ0) is 28.8. The summed E-state index contributed by atoms with van der Waals surface area (Å²) in [4.78, 5) is 3.82. The highest BCUT2D eigenvalue weighted by molar-refractivity contribution is 6.30. The van der Waals surface area contributed by atoms with Crippen molar-refractivity contribution in [2.24, 2.45) is 0 Å². The lowest BCUT2D eigenvalue weighted by Crippen LogP contribution is -1.97. The second kappa shape index (κ2) is 8.82. The van der Waals surface area contributed by atoms with E-state index in [1.54, 1.807) is 0 Å². The van der Waals surface area contributed by atoms with Gasteiger partial charge in [0, 0.05) is 32.6 Å². The highest BCUT2D eigenvalue weighted by Gasteiger charge is 2.26. The Morgan fingerprint density at radius 3 is 1.93 bits per heavy atom. The molecule has 2 heterocycles. The quantitative estimate of drug-likeness (QED) is 0.229. The number of aromatic amines is 1. The largest absolute Gasteiger partial charge is 0.456 e. The van der Waals surface area contributed by atoms with Gasteiger partial charge in [0.25, 0.3) is 0 Å². The third kappa shape index (κ3) is 3.25. The molecule has 0 aliphatic heterocycles. The first-order valence-electron chi connectivity index (χ1n) is 15.1. The molecule has 1 N–H and O–H groups in total. The van der Waals surface area contributed by atoms with Crippen molar-refractivity contribution < 1.29 is 4.42 Å². The first kappa shape index (κ1) is 23.7. The Balaban J connectivity index is 1.37. The summed E-state index contributed by atoms with van der Waals surface area (Å²) < 4.78 is 6.32. The van der Waals surface area contributed by atoms with Crippen LogP contribution in [0.5, 0.6) is 0 Å². The average Bonchev–Trinajstić information content (AvgIpc) is 3.61. The molecule has 44 heavy (non-hydrogen) atoms. The van der Waals surface area contributed by atoms with Gasteiger partial charge in [0.15, 0.2) is 0 Å². The molecule has 7 aromatic carbocycles. The number of para-hydroxylation sites is 1. The first-order valence-corrected chi connectivity index (χ1v) is 15.1. The van der Waals surface area contributed by atoms with Crippen LogP contribution in [0.2, 0.25) is 0 Å². The van der Waals surface area contributed by atoms with Crippen molar-refractivity contribution in [3.63, 3.8) is 0 Å². The Labute approximate surface area is 253 Å². The topological polar surface area (TPSA) is 28.9 Å². The molecule has 0 saturated heterocycles. The van der Waals surface area contributed by atoms with E-state index >= 15 is 0 Å². The monoisotopic (exact) mass is 559 g/mol. The summed E-state index contributed by atoms with van der Waals surface area (Å²) in [6.45, 7) is 0. The highest BCUT2D eigenvalue weighted by atomic mass is 16.3.